The van der Waals surface area contributed by atoms with E-state index >= 15 is 0 Å². The molecule has 0 spiro atoms. The first-order valence-corrected chi connectivity index (χ1v) is 7.92. The molecule has 0 aliphatic rings. The normalized spacial score (nSPS) is 10.8. The van der Waals surface area contributed by atoms with Crippen LogP contribution < -0.4 is 5.32 Å². The van der Waals surface area contributed by atoms with Gasteiger partial charge in [0.25, 0.3) is 5.91 Å². The van der Waals surface area contributed by atoms with Crippen LogP contribution in [0.25, 0.3) is 5.69 Å². The van der Waals surface area contributed by atoms with Crippen molar-refractivity contribution >= 4 is 5.91 Å². The summed E-state index contributed by atoms with van der Waals surface area (Å²) in [5.41, 5.74) is 5.00. The summed E-state index contributed by atoms with van der Waals surface area (Å²) >= 11 is 0. The smallest absolute Gasteiger partial charge is 0.251 e. The number of hydrogen-bond donors (Lipinski definition) is 1. The van der Waals surface area contributed by atoms with Crippen molar-refractivity contribution < 1.29 is 4.79 Å². The lowest BCUT2D eigenvalue weighted by Gasteiger charge is -2.07. The van der Waals surface area contributed by atoms with Gasteiger partial charge in [0.05, 0.1) is 12.0 Å². The third kappa shape index (κ3) is 3.22. The van der Waals surface area contributed by atoms with E-state index in [0.717, 1.165) is 23.5 Å². The molecule has 2 heterocycles. The predicted molar refractivity (Wildman–Crippen MR) is 92.3 cm³/mol. The van der Waals surface area contributed by atoms with Gasteiger partial charge in [-0.05, 0) is 50.1 Å². The Morgan fingerprint density at radius 3 is 2.54 bits per heavy atom. The van der Waals surface area contributed by atoms with E-state index in [1.54, 1.807) is 12.5 Å². The van der Waals surface area contributed by atoms with Crippen LogP contribution in [0.2, 0.25) is 0 Å². The molecular formula is C18H21N5O. The molecule has 6 heteroatoms. The molecular weight excluding hydrogens is 302 g/mol. The number of nitrogens with one attached hydrogen (secondary N) is 1. The van der Waals surface area contributed by atoms with Crippen molar-refractivity contribution in [3.05, 3.63) is 65.5 Å². The van der Waals surface area contributed by atoms with Gasteiger partial charge in [-0.3, -0.25) is 9.48 Å². The van der Waals surface area contributed by atoms with Crippen LogP contribution in [-0.2, 0) is 13.5 Å². The van der Waals surface area contributed by atoms with E-state index in [-0.39, 0.29) is 5.91 Å². The van der Waals surface area contributed by atoms with Gasteiger partial charge < -0.3 is 9.88 Å². The molecule has 3 rings (SSSR count). The standard InChI is InChI=1S/C18H21N5O/c1-13-17(14(2)22(3)21-13)8-9-20-18(24)15-4-6-16(7-5-15)23-11-10-19-12-23/h4-7,10-12H,8-9H2,1-3H3,(H,20,24). The van der Waals surface area contributed by atoms with Crippen molar-refractivity contribution in [1.82, 2.24) is 24.6 Å². The Hall–Kier alpha value is -2.89. The zero-order chi connectivity index (χ0) is 17.1. The number of aromatic nitrogens is 4. The van der Waals surface area contributed by atoms with Crippen molar-refractivity contribution in [2.24, 2.45) is 7.05 Å². The highest BCUT2D eigenvalue weighted by molar-refractivity contribution is 5.94. The second-order valence-electron chi connectivity index (χ2n) is 5.80. The van der Waals surface area contributed by atoms with Gasteiger partial charge in [-0.15, -0.1) is 0 Å². The maximum atomic E-state index is 12.3. The topological polar surface area (TPSA) is 64.7 Å². The van der Waals surface area contributed by atoms with Gasteiger partial charge in [-0.25, -0.2) is 4.98 Å². The second kappa shape index (κ2) is 6.70. The summed E-state index contributed by atoms with van der Waals surface area (Å²) in [4.78, 5) is 16.3. The van der Waals surface area contributed by atoms with Crippen LogP contribution in [0.1, 0.15) is 27.3 Å². The predicted octanol–water partition coefficient (Wildman–Crippen LogP) is 2.20. The molecule has 0 unspecified atom stereocenters. The average molecular weight is 323 g/mol. The molecule has 124 valence electrons. The minimum atomic E-state index is -0.0635. The maximum absolute atomic E-state index is 12.3. The molecule has 24 heavy (non-hydrogen) atoms. The third-order valence-corrected chi connectivity index (χ3v) is 4.25. The van der Waals surface area contributed by atoms with Gasteiger partial charge in [0, 0.05) is 42.9 Å². The summed E-state index contributed by atoms with van der Waals surface area (Å²) in [6.07, 6.45) is 6.11. The molecule has 3 aromatic rings. The van der Waals surface area contributed by atoms with E-state index in [1.165, 1.54) is 5.56 Å². The number of amides is 1. The summed E-state index contributed by atoms with van der Waals surface area (Å²) in [5, 5.41) is 7.37. The summed E-state index contributed by atoms with van der Waals surface area (Å²) in [7, 11) is 1.94. The minimum absolute atomic E-state index is 0.0635. The Morgan fingerprint density at radius 1 is 1.21 bits per heavy atom. The van der Waals surface area contributed by atoms with Gasteiger partial charge in [-0.2, -0.15) is 5.10 Å². The highest BCUT2D eigenvalue weighted by atomic mass is 16.1. The maximum Gasteiger partial charge on any atom is 0.251 e. The number of imidazole rings is 1. The summed E-state index contributed by atoms with van der Waals surface area (Å²) in [5.74, 6) is -0.0635. The Kier molecular flexibility index (Phi) is 4.46. The molecule has 0 aliphatic carbocycles. The molecule has 1 amide bonds. The van der Waals surface area contributed by atoms with Crippen molar-refractivity contribution in [3.63, 3.8) is 0 Å². The lowest BCUT2D eigenvalue weighted by molar-refractivity contribution is 0.0954. The fourth-order valence-electron chi connectivity index (χ4n) is 2.78. The van der Waals surface area contributed by atoms with E-state index in [4.69, 9.17) is 0 Å². The first-order chi connectivity index (χ1) is 11.6. The summed E-state index contributed by atoms with van der Waals surface area (Å²) in [6, 6.07) is 7.47. The lowest BCUT2D eigenvalue weighted by Crippen LogP contribution is -2.25. The van der Waals surface area contributed by atoms with Crippen LogP contribution >= 0.6 is 0 Å². The molecule has 6 nitrogen and oxygen atoms in total. The molecule has 0 aliphatic heterocycles. The quantitative estimate of drug-likeness (QED) is 0.783. The van der Waals surface area contributed by atoms with E-state index in [9.17, 15) is 4.79 Å². The molecule has 2 aromatic heterocycles. The molecule has 1 aromatic carbocycles. The van der Waals surface area contributed by atoms with Gasteiger partial charge in [0.15, 0.2) is 0 Å². The van der Waals surface area contributed by atoms with Gasteiger partial charge in [0.2, 0.25) is 0 Å². The Labute approximate surface area is 141 Å². The van der Waals surface area contributed by atoms with E-state index in [0.29, 0.717) is 12.1 Å². The van der Waals surface area contributed by atoms with Crippen molar-refractivity contribution in [2.45, 2.75) is 20.3 Å². The number of carbonyl (C=O) groups is 1. The first kappa shape index (κ1) is 16.0. The fourth-order valence-corrected chi connectivity index (χ4v) is 2.78. The molecule has 1 N–H and O–H groups in total. The van der Waals surface area contributed by atoms with Crippen molar-refractivity contribution in [1.29, 1.82) is 0 Å². The number of nitrogens with zero attached hydrogens (tertiary/aromatic N) is 4. The van der Waals surface area contributed by atoms with Crippen LogP contribution in [0.15, 0.2) is 43.0 Å². The SMILES string of the molecule is Cc1nn(C)c(C)c1CCNC(=O)c1ccc(-n2ccnc2)cc1. The van der Waals surface area contributed by atoms with Crippen LogP contribution in [0.4, 0.5) is 0 Å². The average Bonchev–Trinajstić information content (AvgIpc) is 3.19. The van der Waals surface area contributed by atoms with Crippen LogP contribution in [0, 0.1) is 13.8 Å². The zero-order valence-electron chi connectivity index (χ0n) is 14.2. The van der Waals surface area contributed by atoms with Crippen molar-refractivity contribution in [2.75, 3.05) is 6.54 Å². The van der Waals surface area contributed by atoms with Crippen molar-refractivity contribution in [3.8, 4) is 5.69 Å². The zero-order valence-corrected chi connectivity index (χ0v) is 14.2. The van der Waals surface area contributed by atoms with Crippen LogP contribution in [0.5, 0.6) is 0 Å². The van der Waals surface area contributed by atoms with E-state index in [1.807, 2.05) is 60.6 Å². The molecule has 0 fully saturated rings. The van der Waals surface area contributed by atoms with E-state index < -0.39 is 0 Å². The Balaban J connectivity index is 1.59. The Morgan fingerprint density at radius 2 is 1.96 bits per heavy atom. The third-order valence-electron chi connectivity index (χ3n) is 4.25. The van der Waals surface area contributed by atoms with Crippen LogP contribution in [0.3, 0.4) is 0 Å². The van der Waals surface area contributed by atoms with Gasteiger partial charge in [-0.1, -0.05) is 0 Å². The number of benzene rings is 1. The minimum Gasteiger partial charge on any atom is -0.352 e. The Bertz CT molecular complexity index is 831. The second-order valence-corrected chi connectivity index (χ2v) is 5.80. The lowest BCUT2D eigenvalue weighted by atomic mass is 10.1. The number of aryl methyl sites for hydroxylation is 2. The van der Waals surface area contributed by atoms with Gasteiger partial charge in [0.1, 0.15) is 0 Å². The fraction of sp³-hybridized carbons (Fsp3) is 0.278. The monoisotopic (exact) mass is 323 g/mol. The highest BCUT2D eigenvalue weighted by Gasteiger charge is 2.10. The number of hydrogen-bond acceptors (Lipinski definition) is 3. The number of rotatable bonds is 5. The molecule has 0 saturated heterocycles. The highest BCUT2D eigenvalue weighted by Crippen LogP contribution is 2.12. The summed E-state index contributed by atoms with van der Waals surface area (Å²) < 4.78 is 3.77. The van der Waals surface area contributed by atoms with Gasteiger partial charge >= 0.3 is 0 Å². The summed E-state index contributed by atoms with van der Waals surface area (Å²) in [6.45, 7) is 4.64. The van der Waals surface area contributed by atoms with E-state index in [2.05, 4.69) is 15.4 Å². The molecule has 0 saturated carbocycles. The molecule has 0 bridgehead atoms. The first-order valence-electron chi connectivity index (χ1n) is 7.92. The number of carbonyl (C=O) groups excluding carboxylic acids is 1. The molecule has 0 radical (unpaired) electrons. The molecule has 0 atom stereocenters. The largest absolute Gasteiger partial charge is 0.352 e. The van der Waals surface area contributed by atoms with Crippen LogP contribution in [-0.4, -0.2) is 31.8 Å².